The molecule has 4 rings (SSSR count). The minimum absolute atomic E-state index is 0.242. The van der Waals surface area contributed by atoms with Crippen LogP contribution in [0.2, 0.25) is 0 Å². The first kappa shape index (κ1) is 24.2. The van der Waals surface area contributed by atoms with E-state index in [1.807, 2.05) is 12.1 Å². The van der Waals surface area contributed by atoms with Gasteiger partial charge in [0.2, 0.25) is 16.6 Å². The molecular formula is C22H17BrN4O7S. The van der Waals surface area contributed by atoms with Crippen molar-refractivity contribution in [2.24, 2.45) is 5.10 Å². The molecule has 2 aromatic carbocycles. The number of hydrazone groups is 1. The third kappa shape index (κ3) is 4.95. The largest absolute Gasteiger partial charge is 0.493 e. The van der Waals surface area contributed by atoms with E-state index < -0.39 is 16.7 Å². The number of ether oxygens (including phenoxy) is 3. The highest BCUT2D eigenvalue weighted by Gasteiger charge is 2.26. The fraction of sp³-hybridized carbons (Fsp3) is 0.136. The number of amides is 1. The Morgan fingerprint density at radius 2 is 1.86 bits per heavy atom. The van der Waals surface area contributed by atoms with Gasteiger partial charge in [0, 0.05) is 10.0 Å². The smallest absolute Gasteiger partial charge is 0.433 e. The molecule has 0 aliphatic heterocycles. The third-order valence-corrected chi connectivity index (χ3v) is 6.19. The molecule has 4 aromatic rings. The minimum Gasteiger partial charge on any atom is -0.493 e. The molecule has 0 N–H and O–H groups in total. The number of halogens is 1. The van der Waals surface area contributed by atoms with E-state index in [9.17, 15) is 14.9 Å². The van der Waals surface area contributed by atoms with E-state index >= 15 is 0 Å². The van der Waals surface area contributed by atoms with Crippen LogP contribution < -0.4 is 19.2 Å². The van der Waals surface area contributed by atoms with E-state index in [1.54, 1.807) is 18.2 Å². The fourth-order valence-electron chi connectivity index (χ4n) is 3.11. The van der Waals surface area contributed by atoms with Gasteiger partial charge >= 0.3 is 11.8 Å². The number of fused-ring (bicyclic) bond motifs is 1. The summed E-state index contributed by atoms with van der Waals surface area (Å²) in [6, 6.07) is 11.1. The van der Waals surface area contributed by atoms with E-state index in [2.05, 4.69) is 26.0 Å². The summed E-state index contributed by atoms with van der Waals surface area (Å²) in [5.74, 6) is -0.357. The van der Waals surface area contributed by atoms with Crippen molar-refractivity contribution in [1.82, 2.24) is 4.98 Å². The predicted octanol–water partition coefficient (Wildman–Crippen LogP) is 5.27. The van der Waals surface area contributed by atoms with Gasteiger partial charge in [-0.3, -0.25) is 14.9 Å². The predicted molar refractivity (Wildman–Crippen MR) is 133 cm³/mol. The normalized spacial score (nSPS) is 11.1. The van der Waals surface area contributed by atoms with Crippen molar-refractivity contribution in [2.45, 2.75) is 0 Å². The minimum atomic E-state index is -0.736. The molecule has 0 aliphatic carbocycles. The molecule has 0 spiro atoms. The van der Waals surface area contributed by atoms with Crippen molar-refractivity contribution in [3.8, 4) is 17.2 Å². The van der Waals surface area contributed by atoms with Gasteiger partial charge in [0.15, 0.2) is 11.5 Å². The number of hydrogen-bond donors (Lipinski definition) is 0. The maximum absolute atomic E-state index is 13.3. The second kappa shape index (κ2) is 10.1. The molecular weight excluding hydrogens is 544 g/mol. The van der Waals surface area contributed by atoms with Crippen LogP contribution in [0.4, 0.5) is 11.0 Å². The summed E-state index contributed by atoms with van der Waals surface area (Å²) in [6.45, 7) is 0. The molecule has 0 bridgehead atoms. The third-order valence-electron chi connectivity index (χ3n) is 4.70. The van der Waals surface area contributed by atoms with Crippen LogP contribution >= 0.6 is 27.3 Å². The van der Waals surface area contributed by atoms with Crippen molar-refractivity contribution in [3.05, 3.63) is 68.4 Å². The number of hydrogen-bond acceptors (Lipinski definition) is 10. The highest BCUT2D eigenvalue weighted by molar-refractivity contribution is 9.10. The SMILES string of the molecule is COc1cc(/C=N/N(C(=O)c2ccc([N+](=O)[O-])o2)c2nc3ccc(Br)cc3s2)cc(OC)c1OC. The molecule has 0 fully saturated rings. The average Bonchev–Trinajstić information content (AvgIpc) is 3.50. The second-order valence-electron chi connectivity index (χ2n) is 6.82. The molecule has 1 amide bonds. The Balaban J connectivity index is 1.78. The van der Waals surface area contributed by atoms with Gasteiger partial charge in [0.05, 0.1) is 43.8 Å². The molecule has 0 saturated carbocycles. The lowest BCUT2D eigenvalue weighted by atomic mass is 10.2. The lowest BCUT2D eigenvalue weighted by Crippen LogP contribution is -2.25. The quantitative estimate of drug-likeness (QED) is 0.162. The molecule has 11 nitrogen and oxygen atoms in total. The van der Waals surface area contributed by atoms with Gasteiger partial charge in [-0.15, -0.1) is 0 Å². The molecule has 0 saturated heterocycles. The van der Waals surface area contributed by atoms with Crippen molar-refractivity contribution in [3.63, 3.8) is 0 Å². The van der Waals surface area contributed by atoms with Crippen LogP contribution in [0.1, 0.15) is 16.1 Å². The number of nitrogens with zero attached hydrogens (tertiary/aromatic N) is 4. The number of nitro groups is 1. The van der Waals surface area contributed by atoms with Crippen molar-refractivity contribution in [1.29, 1.82) is 0 Å². The van der Waals surface area contributed by atoms with Crippen LogP contribution in [0, 0.1) is 10.1 Å². The van der Waals surface area contributed by atoms with Gasteiger partial charge in [-0.2, -0.15) is 10.1 Å². The molecule has 0 unspecified atom stereocenters. The number of benzene rings is 2. The van der Waals surface area contributed by atoms with Crippen molar-refractivity contribution >= 4 is 60.6 Å². The van der Waals surface area contributed by atoms with Gasteiger partial charge in [-0.1, -0.05) is 27.3 Å². The standard InChI is InChI=1S/C22H17BrN4O7S/c1-31-16-8-12(9-17(32-2)20(16)33-3)11-24-26(21(28)15-6-7-19(34-15)27(29)30)22-25-14-5-4-13(23)10-18(14)35-22/h4-11H,1-3H3/b24-11+. The Morgan fingerprint density at radius 1 is 1.14 bits per heavy atom. The van der Waals surface area contributed by atoms with Gasteiger partial charge < -0.3 is 18.6 Å². The van der Waals surface area contributed by atoms with E-state index in [0.717, 1.165) is 20.2 Å². The zero-order valence-corrected chi connectivity index (χ0v) is 21.0. The van der Waals surface area contributed by atoms with Crippen molar-refractivity contribution in [2.75, 3.05) is 26.3 Å². The number of carbonyl (C=O) groups is 1. The molecule has 180 valence electrons. The van der Waals surface area contributed by atoms with E-state index in [0.29, 0.717) is 28.3 Å². The van der Waals surface area contributed by atoms with Crippen molar-refractivity contribution < 1.29 is 28.3 Å². The van der Waals surface area contributed by atoms with Gasteiger partial charge in [0.1, 0.15) is 4.92 Å². The molecule has 0 radical (unpaired) electrons. The highest BCUT2D eigenvalue weighted by Crippen LogP contribution is 2.38. The summed E-state index contributed by atoms with van der Waals surface area (Å²) in [5, 5.41) is 16.6. The first-order chi connectivity index (χ1) is 16.8. The highest BCUT2D eigenvalue weighted by atomic mass is 79.9. The summed E-state index contributed by atoms with van der Waals surface area (Å²) in [6.07, 6.45) is 1.40. The first-order valence-corrected chi connectivity index (χ1v) is 11.4. The molecule has 0 atom stereocenters. The van der Waals surface area contributed by atoms with Crippen LogP contribution in [-0.4, -0.2) is 43.4 Å². The van der Waals surface area contributed by atoms with E-state index in [-0.39, 0.29) is 10.9 Å². The average molecular weight is 561 g/mol. The van der Waals surface area contributed by atoms with Gasteiger partial charge in [-0.05, 0) is 36.4 Å². The molecule has 2 heterocycles. The zero-order valence-electron chi connectivity index (χ0n) is 18.6. The van der Waals surface area contributed by atoms with Crippen LogP contribution in [0.15, 0.2) is 56.5 Å². The van der Waals surface area contributed by atoms with Gasteiger partial charge in [-0.25, -0.2) is 4.98 Å². The molecule has 2 aromatic heterocycles. The number of anilines is 1. The van der Waals surface area contributed by atoms with E-state index in [1.165, 1.54) is 44.9 Å². The van der Waals surface area contributed by atoms with Crippen LogP contribution in [0.5, 0.6) is 17.2 Å². The summed E-state index contributed by atoms with van der Waals surface area (Å²) >= 11 is 4.63. The van der Waals surface area contributed by atoms with Crippen LogP contribution in [-0.2, 0) is 0 Å². The first-order valence-electron chi connectivity index (χ1n) is 9.83. The second-order valence-corrected chi connectivity index (χ2v) is 8.75. The number of aromatic nitrogens is 1. The maximum Gasteiger partial charge on any atom is 0.433 e. The number of furan rings is 1. The molecule has 0 aliphatic rings. The number of methoxy groups -OCH3 is 3. The lowest BCUT2D eigenvalue weighted by molar-refractivity contribution is -0.402. The Kier molecular flexibility index (Phi) is 6.98. The summed E-state index contributed by atoms with van der Waals surface area (Å²) in [7, 11) is 4.46. The lowest BCUT2D eigenvalue weighted by Gasteiger charge is -2.14. The summed E-state index contributed by atoms with van der Waals surface area (Å²) in [5.41, 5.74) is 1.19. The fourth-order valence-corrected chi connectivity index (χ4v) is 4.58. The van der Waals surface area contributed by atoms with E-state index in [4.69, 9.17) is 18.6 Å². The number of carbonyl (C=O) groups excluding carboxylic acids is 1. The number of rotatable bonds is 8. The molecule has 35 heavy (non-hydrogen) atoms. The number of thiazole rings is 1. The Labute approximate surface area is 210 Å². The maximum atomic E-state index is 13.3. The topological polar surface area (TPSA) is 130 Å². The van der Waals surface area contributed by atoms with Gasteiger partial charge in [0.25, 0.3) is 0 Å². The summed E-state index contributed by atoms with van der Waals surface area (Å²) < 4.78 is 22.8. The van der Waals surface area contributed by atoms with Crippen LogP contribution in [0.3, 0.4) is 0 Å². The summed E-state index contributed by atoms with van der Waals surface area (Å²) in [4.78, 5) is 28.1. The molecule has 13 heteroatoms. The Morgan fingerprint density at radius 3 is 2.46 bits per heavy atom. The van der Waals surface area contributed by atoms with Crippen LogP contribution in [0.25, 0.3) is 10.2 Å². The zero-order chi connectivity index (χ0) is 25.1. The monoisotopic (exact) mass is 560 g/mol. The Hall–Kier alpha value is -3.97. The Bertz CT molecular complexity index is 1420.